The summed E-state index contributed by atoms with van der Waals surface area (Å²) in [6.07, 6.45) is 4.04. The Morgan fingerprint density at radius 3 is 1.19 bits per heavy atom. The third-order valence-corrected chi connectivity index (χ3v) is 3.69. The van der Waals surface area contributed by atoms with Crippen molar-refractivity contribution in [3.8, 4) is 0 Å². The Morgan fingerprint density at radius 2 is 0.846 bits per heavy atom. The second-order valence-corrected chi connectivity index (χ2v) is 6.20. The lowest BCUT2D eigenvalue weighted by atomic mass is 10.3. The molecule has 144 valence electrons. The molecule has 8 heteroatoms. The minimum absolute atomic E-state index is 0.607. The molecule has 26 heavy (non-hydrogen) atoms. The van der Waals surface area contributed by atoms with Crippen molar-refractivity contribution in [2.24, 2.45) is 0 Å². The van der Waals surface area contributed by atoms with Crippen LogP contribution >= 0.6 is 0 Å². The number of hydrogen-bond acceptors (Lipinski definition) is 8. The van der Waals surface area contributed by atoms with E-state index in [9.17, 15) is 0 Å². The fraction of sp³-hybridized carbons (Fsp3) is 0.667. The van der Waals surface area contributed by atoms with E-state index < -0.39 is 0 Å². The summed E-state index contributed by atoms with van der Waals surface area (Å²) in [7, 11) is 0. The van der Waals surface area contributed by atoms with Gasteiger partial charge in [0.15, 0.2) is 11.6 Å². The van der Waals surface area contributed by atoms with Crippen molar-refractivity contribution in [1.29, 1.82) is 0 Å². The molecule has 0 aromatic carbocycles. The van der Waals surface area contributed by atoms with Crippen LogP contribution in [0.2, 0.25) is 0 Å². The van der Waals surface area contributed by atoms with Crippen LogP contribution in [-0.2, 0) is 0 Å². The molecule has 8 nitrogen and oxygen atoms in total. The molecule has 0 unspecified atom stereocenters. The second kappa shape index (κ2) is 10.6. The minimum Gasteiger partial charge on any atom is -0.368 e. The predicted molar refractivity (Wildman–Crippen MR) is 110 cm³/mol. The molecule has 0 aliphatic heterocycles. The van der Waals surface area contributed by atoms with Crippen molar-refractivity contribution in [1.82, 2.24) is 19.9 Å². The van der Waals surface area contributed by atoms with E-state index in [0.717, 1.165) is 74.5 Å². The minimum atomic E-state index is 0.607. The number of nitrogens with one attached hydrogen (secondary N) is 4. The first-order valence-corrected chi connectivity index (χ1v) is 9.78. The fourth-order valence-corrected chi connectivity index (χ4v) is 2.38. The maximum atomic E-state index is 4.68. The number of aromatic nitrogens is 4. The van der Waals surface area contributed by atoms with Crippen LogP contribution in [0, 0.1) is 0 Å². The van der Waals surface area contributed by atoms with Crippen molar-refractivity contribution < 1.29 is 0 Å². The summed E-state index contributed by atoms with van der Waals surface area (Å²) in [5.41, 5.74) is 1.49. The highest BCUT2D eigenvalue weighted by atomic mass is 15.2. The van der Waals surface area contributed by atoms with Gasteiger partial charge in [0.1, 0.15) is 11.0 Å². The van der Waals surface area contributed by atoms with Gasteiger partial charge < -0.3 is 21.3 Å². The van der Waals surface area contributed by atoms with Crippen molar-refractivity contribution in [2.75, 3.05) is 47.4 Å². The predicted octanol–water partition coefficient (Wildman–Crippen LogP) is 3.71. The van der Waals surface area contributed by atoms with E-state index in [2.05, 4.69) is 68.9 Å². The number of anilines is 4. The summed E-state index contributed by atoms with van der Waals surface area (Å²) in [5.74, 6) is 2.71. The first-order chi connectivity index (χ1) is 12.7. The molecule has 0 radical (unpaired) electrons. The highest BCUT2D eigenvalue weighted by Crippen LogP contribution is 2.27. The molecule has 0 amide bonds. The van der Waals surface area contributed by atoms with E-state index >= 15 is 0 Å². The smallest absolute Gasteiger partial charge is 0.225 e. The van der Waals surface area contributed by atoms with Gasteiger partial charge in [0.2, 0.25) is 11.9 Å². The quantitative estimate of drug-likeness (QED) is 0.455. The van der Waals surface area contributed by atoms with Gasteiger partial charge in [0.05, 0.1) is 0 Å². The SMILES string of the molecule is CCCNc1nc(NCCC)c2nc(NCCC)nc(NCCC)c2n1. The van der Waals surface area contributed by atoms with Gasteiger partial charge in [0.25, 0.3) is 0 Å². The van der Waals surface area contributed by atoms with Crippen LogP contribution in [0.4, 0.5) is 23.5 Å². The van der Waals surface area contributed by atoms with Crippen LogP contribution in [0.5, 0.6) is 0 Å². The first kappa shape index (κ1) is 19.9. The third kappa shape index (κ3) is 5.31. The third-order valence-electron chi connectivity index (χ3n) is 3.69. The van der Waals surface area contributed by atoms with Crippen molar-refractivity contribution in [2.45, 2.75) is 53.4 Å². The van der Waals surface area contributed by atoms with Crippen LogP contribution < -0.4 is 21.3 Å². The summed E-state index contributed by atoms with van der Waals surface area (Å²) in [5, 5.41) is 13.3. The average molecular weight is 361 g/mol. The van der Waals surface area contributed by atoms with Gasteiger partial charge in [-0.05, 0) is 25.7 Å². The van der Waals surface area contributed by atoms with Crippen LogP contribution in [0.25, 0.3) is 11.0 Å². The van der Waals surface area contributed by atoms with Crippen molar-refractivity contribution in [3.05, 3.63) is 0 Å². The van der Waals surface area contributed by atoms with E-state index in [1.165, 1.54) is 0 Å². The molecule has 2 aromatic heterocycles. The van der Waals surface area contributed by atoms with Gasteiger partial charge in [-0.2, -0.15) is 9.97 Å². The molecule has 2 aromatic rings. The van der Waals surface area contributed by atoms with Gasteiger partial charge in [-0.3, -0.25) is 0 Å². The zero-order valence-electron chi connectivity index (χ0n) is 16.4. The zero-order valence-corrected chi connectivity index (χ0v) is 16.4. The monoisotopic (exact) mass is 360 g/mol. The molecule has 0 aliphatic rings. The number of hydrogen-bond donors (Lipinski definition) is 4. The lowest BCUT2D eigenvalue weighted by Gasteiger charge is -2.15. The number of fused-ring (bicyclic) bond motifs is 1. The maximum absolute atomic E-state index is 4.68. The lowest BCUT2D eigenvalue weighted by molar-refractivity contribution is 0.934. The van der Waals surface area contributed by atoms with E-state index in [4.69, 9.17) is 0 Å². The molecule has 4 N–H and O–H groups in total. The lowest BCUT2D eigenvalue weighted by Crippen LogP contribution is -2.13. The second-order valence-electron chi connectivity index (χ2n) is 6.20. The Labute approximate surface area is 156 Å². The van der Waals surface area contributed by atoms with Crippen molar-refractivity contribution >= 4 is 34.6 Å². The Hall–Kier alpha value is -2.38. The van der Waals surface area contributed by atoms with E-state index in [1.807, 2.05) is 0 Å². The molecule has 0 fully saturated rings. The first-order valence-electron chi connectivity index (χ1n) is 9.78. The molecule has 2 heterocycles. The molecule has 0 aliphatic carbocycles. The van der Waals surface area contributed by atoms with E-state index in [-0.39, 0.29) is 0 Å². The Bertz CT molecular complexity index is 629. The summed E-state index contributed by atoms with van der Waals surface area (Å²) < 4.78 is 0. The molecular formula is C18H32N8. The summed E-state index contributed by atoms with van der Waals surface area (Å²) in [6, 6.07) is 0. The Balaban J connectivity index is 2.53. The summed E-state index contributed by atoms with van der Waals surface area (Å²) >= 11 is 0. The normalized spacial score (nSPS) is 10.8. The topological polar surface area (TPSA) is 99.7 Å². The van der Waals surface area contributed by atoms with Crippen LogP contribution in [0.15, 0.2) is 0 Å². The maximum Gasteiger partial charge on any atom is 0.225 e. The molecule has 0 atom stereocenters. The van der Waals surface area contributed by atoms with Crippen LogP contribution in [0.3, 0.4) is 0 Å². The van der Waals surface area contributed by atoms with Crippen molar-refractivity contribution in [3.63, 3.8) is 0 Å². The Morgan fingerprint density at radius 1 is 0.500 bits per heavy atom. The average Bonchev–Trinajstić information content (AvgIpc) is 2.67. The number of rotatable bonds is 12. The molecule has 0 bridgehead atoms. The summed E-state index contributed by atoms with van der Waals surface area (Å²) in [6.45, 7) is 11.8. The largest absolute Gasteiger partial charge is 0.368 e. The fourth-order valence-electron chi connectivity index (χ4n) is 2.38. The zero-order chi connectivity index (χ0) is 18.8. The highest BCUT2D eigenvalue weighted by molar-refractivity contribution is 5.94. The van der Waals surface area contributed by atoms with E-state index in [1.54, 1.807) is 0 Å². The van der Waals surface area contributed by atoms with Gasteiger partial charge in [-0.1, -0.05) is 27.7 Å². The van der Waals surface area contributed by atoms with Gasteiger partial charge in [-0.25, -0.2) is 9.97 Å². The van der Waals surface area contributed by atoms with Crippen LogP contribution in [-0.4, -0.2) is 46.1 Å². The van der Waals surface area contributed by atoms with Gasteiger partial charge >= 0.3 is 0 Å². The number of nitrogens with zero attached hydrogens (tertiary/aromatic N) is 4. The molecule has 2 rings (SSSR count). The molecule has 0 saturated carbocycles. The molecular weight excluding hydrogens is 328 g/mol. The Kier molecular flexibility index (Phi) is 8.11. The van der Waals surface area contributed by atoms with Gasteiger partial charge in [0, 0.05) is 26.2 Å². The van der Waals surface area contributed by atoms with Gasteiger partial charge in [-0.15, -0.1) is 0 Å². The van der Waals surface area contributed by atoms with Crippen LogP contribution in [0.1, 0.15) is 53.4 Å². The van der Waals surface area contributed by atoms with E-state index in [0.29, 0.717) is 11.9 Å². The molecule has 0 spiro atoms. The highest BCUT2D eigenvalue weighted by Gasteiger charge is 2.15. The standard InChI is InChI=1S/C18H32N8/c1-5-9-19-15-13-14(24-17(25-15)21-11-7-3)16(20-10-6-2)26-18(23-13)22-12-8-4/h5-12H2,1-4H3,(H2,19,21,24,25)(H2,20,22,23,26). The molecule has 0 saturated heterocycles. The summed E-state index contributed by atoms with van der Waals surface area (Å²) in [4.78, 5) is 18.6.